The normalized spacial score (nSPS) is 12.2. The molecule has 0 fully saturated rings. The molecule has 0 saturated heterocycles. The Labute approximate surface area is 323 Å². The van der Waals surface area contributed by atoms with Gasteiger partial charge in [-0.15, -0.1) is 21.5 Å². The third-order valence-corrected chi connectivity index (χ3v) is 10.1. The second kappa shape index (κ2) is 12.9. The van der Waals surface area contributed by atoms with Crippen LogP contribution in [0.4, 0.5) is 0 Å². The van der Waals surface area contributed by atoms with Crippen molar-refractivity contribution in [2.24, 2.45) is 0 Å². The Bertz CT molecular complexity index is 2680. The molecular weight excluding hydrogens is 629 g/mol. The molecule has 8 rings (SSSR count). The first-order valence-electron chi connectivity index (χ1n) is 16.9. The van der Waals surface area contributed by atoms with E-state index in [1.54, 1.807) is 0 Å². The summed E-state index contributed by atoms with van der Waals surface area (Å²) in [6.45, 7) is 0. The van der Waals surface area contributed by atoms with E-state index in [9.17, 15) is 0 Å². The lowest BCUT2D eigenvalue weighted by atomic mass is 9.23. The van der Waals surface area contributed by atoms with E-state index in [-0.39, 0.29) is 33.1 Å². The lowest BCUT2D eigenvalue weighted by Gasteiger charge is -2.41. The van der Waals surface area contributed by atoms with E-state index in [4.69, 9.17) is 83.4 Å². The molecule has 53 heavy (non-hydrogen) atoms. The summed E-state index contributed by atoms with van der Waals surface area (Å²) in [5, 5.41) is 0.284. The molecule has 0 aliphatic rings. The van der Waals surface area contributed by atoms with E-state index in [0.29, 0.717) is 11.1 Å². The second-order valence-corrected chi connectivity index (χ2v) is 13.5. The zero-order chi connectivity index (χ0) is 37.4. The fourth-order valence-electron chi connectivity index (χ4n) is 7.30. The van der Waals surface area contributed by atoms with Crippen LogP contribution in [0, 0.1) is 0 Å². The molecule has 0 spiro atoms. The number of hydrogen-bond acceptors (Lipinski definition) is 1. The summed E-state index contributed by atoms with van der Waals surface area (Å²) in [5.74, 6) is 0.221. The number of fused-ring (bicyclic) bond motifs is 3. The minimum absolute atomic E-state index is 0.172. The van der Waals surface area contributed by atoms with Crippen LogP contribution in [-0.4, -0.2) is 88.0 Å². The fraction of sp³-hybridized carbons (Fsp3) is 0.0488. The first-order chi connectivity index (χ1) is 25.3. The van der Waals surface area contributed by atoms with E-state index in [1.807, 2.05) is 77.4 Å². The van der Waals surface area contributed by atoms with Crippen LogP contribution in [0.15, 0.2) is 121 Å². The summed E-state index contributed by atoms with van der Waals surface area (Å²) in [6.07, 6.45) is 0. The number of benzene rings is 7. The van der Waals surface area contributed by atoms with E-state index < -0.39 is 10.3 Å². The maximum Gasteiger partial charge on any atom is 0.113 e. The lowest BCUT2D eigenvalue weighted by molar-refractivity contribution is 0.757. The van der Waals surface area contributed by atoms with Crippen molar-refractivity contribution in [1.82, 2.24) is 9.55 Å². The molecule has 224 valence electrons. The van der Waals surface area contributed by atoms with Gasteiger partial charge in [-0.05, 0) is 85.3 Å². The van der Waals surface area contributed by atoms with Crippen molar-refractivity contribution in [2.45, 2.75) is 10.3 Å². The van der Waals surface area contributed by atoms with Crippen molar-refractivity contribution in [1.29, 1.82) is 0 Å². The van der Waals surface area contributed by atoms with Gasteiger partial charge >= 0.3 is 0 Å². The van der Waals surface area contributed by atoms with Crippen molar-refractivity contribution >= 4 is 138 Å². The van der Waals surface area contributed by atoms with Gasteiger partial charge in [0.2, 0.25) is 0 Å². The first-order valence-corrected chi connectivity index (χ1v) is 16.9. The Morgan fingerprint density at radius 3 is 1.40 bits per heavy atom. The number of para-hydroxylation sites is 2. The second-order valence-electron chi connectivity index (χ2n) is 13.5. The van der Waals surface area contributed by atoms with Crippen LogP contribution in [0.25, 0.3) is 71.6 Å². The molecule has 8 aromatic rings. The largest absolute Gasteiger partial charge is 0.297 e. The maximum atomic E-state index is 6.56. The van der Waals surface area contributed by atoms with Crippen LogP contribution >= 0.6 is 0 Å². The summed E-state index contributed by atoms with van der Waals surface area (Å²) in [5.41, 5.74) is 8.58. The highest BCUT2D eigenvalue weighted by atomic mass is 15.1. The molecule has 1 heterocycles. The van der Waals surface area contributed by atoms with Crippen LogP contribution in [0.2, 0.25) is 5.11 Å². The van der Waals surface area contributed by atoms with Gasteiger partial charge in [-0.2, -0.15) is 0 Å². The molecule has 20 radical (unpaired) electrons. The third-order valence-electron chi connectivity index (χ3n) is 10.1. The predicted molar refractivity (Wildman–Crippen MR) is 232 cm³/mol. The average Bonchev–Trinajstić information content (AvgIpc) is 3.56. The summed E-state index contributed by atoms with van der Waals surface area (Å²) in [7, 11) is 63.1. The standard InChI is InChI=1S/C41H20B10N2/c42-34-33(35(43)37(45)38(46)36(34)44)22-10-7-9-21(19-22)31-25-13-1-3-15-27(25)32(28-16-4-2-14-26(28)31)23-11-8-12-24(20-23)53-30-18-6-5-17-29(30)52-39(53)40(47,48)41(49,50)51/h1-20H. The van der Waals surface area contributed by atoms with Crippen molar-refractivity contribution in [3.8, 4) is 39.1 Å². The Morgan fingerprint density at radius 1 is 0.434 bits per heavy atom. The highest BCUT2D eigenvalue weighted by Crippen LogP contribution is 2.45. The van der Waals surface area contributed by atoms with Gasteiger partial charge in [-0.25, -0.2) is 4.98 Å². The van der Waals surface area contributed by atoms with Gasteiger partial charge in [0.25, 0.3) is 0 Å². The molecule has 0 aliphatic carbocycles. The Hall–Kier alpha value is -4.82. The lowest BCUT2D eigenvalue weighted by Crippen LogP contribution is -2.55. The number of hydrogen-bond donors (Lipinski definition) is 0. The van der Waals surface area contributed by atoms with Crippen molar-refractivity contribution in [3.05, 3.63) is 127 Å². The average molecular weight is 649 g/mol. The number of rotatable bonds is 6. The molecule has 12 heteroatoms. The summed E-state index contributed by atoms with van der Waals surface area (Å²) < 4.78 is 1.86. The number of nitrogens with zero attached hydrogens (tertiary/aromatic N) is 2. The topological polar surface area (TPSA) is 17.8 Å². The minimum atomic E-state index is -1.98. The molecule has 0 amide bonds. The van der Waals surface area contributed by atoms with Crippen molar-refractivity contribution in [2.75, 3.05) is 0 Å². The summed E-state index contributed by atoms with van der Waals surface area (Å²) >= 11 is 0. The fourth-order valence-corrected chi connectivity index (χ4v) is 7.30. The number of aromatic nitrogens is 2. The highest BCUT2D eigenvalue weighted by molar-refractivity contribution is 6.69. The van der Waals surface area contributed by atoms with Gasteiger partial charge in [-0.1, -0.05) is 107 Å². The van der Waals surface area contributed by atoms with Crippen LogP contribution in [0.1, 0.15) is 5.82 Å². The molecule has 0 saturated carbocycles. The van der Waals surface area contributed by atoms with Crippen LogP contribution in [0.3, 0.4) is 0 Å². The Morgan fingerprint density at radius 2 is 0.868 bits per heavy atom. The Balaban J connectivity index is 1.38. The van der Waals surface area contributed by atoms with Crippen molar-refractivity contribution in [3.63, 3.8) is 0 Å². The molecule has 0 N–H and O–H groups in total. The van der Waals surface area contributed by atoms with Gasteiger partial charge in [0.05, 0.1) is 50.3 Å². The maximum absolute atomic E-state index is 6.56. The van der Waals surface area contributed by atoms with Crippen LogP contribution in [0.5, 0.6) is 0 Å². The van der Waals surface area contributed by atoms with Gasteiger partial charge in [0, 0.05) is 5.69 Å². The summed E-state index contributed by atoms with van der Waals surface area (Å²) in [4.78, 5) is 4.77. The van der Waals surface area contributed by atoms with Crippen molar-refractivity contribution < 1.29 is 0 Å². The molecule has 7 aromatic carbocycles. The summed E-state index contributed by atoms with van der Waals surface area (Å²) in [6, 6.07) is 40.4. The van der Waals surface area contributed by atoms with Gasteiger partial charge in [-0.3, -0.25) is 4.57 Å². The highest BCUT2D eigenvalue weighted by Gasteiger charge is 2.36. The molecule has 2 nitrogen and oxygen atoms in total. The Kier molecular flexibility index (Phi) is 8.60. The number of imidazole rings is 1. The third kappa shape index (κ3) is 5.60. The monoisotopic (exact) mass is 650 g/mol. The molecule has 1 aromatic heterocycles. The van der Waals surface area contributed by atoms with E-state index in [2.05, 4.69) is 48.5 Å². The molecular formula is C41H20B10N2. The quantitative estimate of drug-likeness (QED) is 0.200. The first kappa shape index (κ1) is 35.2. The smallest absolute Gasteiger partial charge is 0.113 e. The zero-order valence-corrected chi connectivity index (χ0v) is 28.7. The van der Waals surface area contributed by atoms with Crippen LogP contribution in [-0.2, 0) is 5.21 Å². The molecule has 0 aliphatic heterocycles. The van der Waals surface area contributed by atoms with Gasteiger partial charge in [0.1, 0.15) is 45.1 Å². The van der Waals surface area contributed by atoms with E-state index in [0.717, 1.165) is 60.6 Å². The molecule has 0 unspecified atom stereocenters. The van der Waals surface area contributed by atoms with E-state index >= 15 is 0 Å². The van der Waals surface area contributed by atoms with Crippen LogP contribution < -0.4 is 27.3 Å². The van der Waals surface area contributed by atoms with E-state index in [1.165, 1.54) is 0 Å². The van der Waals surface area contributed by atoms with Gasteiger partial charge < -0.3 is 0 Å². The predicted octanol–water partition coefficient (Wildman–Crippen LogP) is 2.37. The minimum Gasteiger partial charge on any atom is -0.297 e. The van der Waals surface area contributed by atoms with Gasteiger partial charge in [0.15, 0.2) is 0 Å². The zero-order valence-electron chi connectivity index (χ0n) is 28.7. The molecule has 0 bridgehead atoms. The molecule has 0 atom stereocenters. The SMILES string of the molecule is [B]c1c([B])c([B])c(-c2cccc(-c3c4ccccc4c(-c4cccc(-n5c(C([B])([B])C([B])([B])[B])nc6ccccc65)c4)c4ccccc34)c2)c([B])c1[B].